The molecule has 1 aliphatic rings. The highest BCUT2D eigenvalue weighted by Gasteiger charge is 2.20. The maximum absolute atomic E-state index is 9.77. The standard InChI is InChI=1S/C20H19ClN6.BrH/c1-14-17(19(21)27(25-14)16-8-4-2-5-9-16)12-15(13-22)20-24-23-18-10-6-3-7-11-26(18)20;/h2,4-5,8-9,12H,3,6-7,10-11H2,1H3;1H/b15-12+;. The predicted molar refractivity (Wildman–Crippen MR) is 115 cm³/mol. The van der Waals surface area contributed by atoms with Crippen LogP contribution in [0.1, 0.15) is 42.2 Å². The fourth-order valence-electron chi connectivity index (χ4n) is 3.39. The van der Waals surface area contributed by atoms with Crippen molar-refractivity contribution in [2.75, 3.05) is 0 Å². The molecule has 0 unspecified atom stereocenters. The zero-order valence-corrected chi connectivity index (χ0v) is 17.9. The Morgan fingerprint density at radius 3 is 2.71 bits per heavy atom. The average molecular weight is 460 g/mol. The number of halogens is 2. The van der Waals surface area contributed by atoms with Crippen LogP contribution in [0.2, 0.25) is 5.15 Å². The Kier molecular flexibility index (Phi) is 6.32. The van der Waals surface area contributed by atoms with Crippen LogP contribution in [-0.2, 0) is 13.0 Å². The van der Waals surface area contributed by atoms with E-state index in [-0.39, 0.29) is 17.0 Å². The number of aryl methyl sites for hydroxylation is 2. The molecule has 0 saturated carbocycles. The van der Waals surface area contributed by atoms with Crippen LogP contribution in [0, 0.1) is 18.3 Å². The summed E-state index contributed by atoms with van der Waals surface area (Å²) in [6.07, 6.45) is 6.02. The summed E-state index contributed by atoms with van der Waals surface area (Å²) in [4.78, 5) is 0. The normalized spacial score (nSPS) is 14.0. The molecule has 0 amide bonds. The van der Waals surface area contributed by atoms with Crippen molar-refractivity contribution in [3.05, 3.63) is 58.4 Å². The first-order valence-corrected chi connectivity index (χ1v) is 9.41. The summed E-state index contributed by atoms with van der Waals surface area (Å²) in [5, 5.41) is 23.4. The van der Waals surface area contributed by atoms with Gasteiger partial charge in [-0.1, -0.05) is 36.2 Å². The van der Waals surface area contributed by atoms with Crippen molar-refractivity contribution in [3.63, 3.8) is 0 Å². The fraction of sp³-hybridized carbons (Fsp3) is 0.300. The molecule has 0 bridgehead atoms. The minimum absolute atomic E-state index is 0. The summed E-state index contributed by atoms with van der Waals surface area (Å²) in [6, 6.07) is 12.0. The molecule has 0 aliphatic carbocycles. The van der Waals surface area contributed by atoms with Crippen LogP contribution in [-0.4, -0.2) is 24.5 Å². The maximum atomic E-state index is 9.77. The second-order valence-electron chi connectivity index (χ2n) is 6.61. The molecule has 3 heterocycles. The largest absolute Gasteiger partial charge is 0.310 e. The van der Waals surface area contributed by atoms with Crippen LogP contribution in [0.25, 0.3) is 17.3 Å². The van der Waals surface area contributed by atoms with Gasteiger partial charge in [-0.2, -0.15) is 10.4 Å². The first-order valence-electron chi connectivity index (χ1n) is 9.04. The van der Waals surface area contributed by atoms with Crippen molar-refractivity contribution in [1.82, 2.24) is 24.5 Å². The SMILES string of the molecule is Br.Cc1nn(-c2ccccc2)c(Cl)c1/C=C(\C#N)c1nnc2n1CCCCC2. The van der Waals surface area contributed by atoms with E-state index < -0.39 is 0 Å². The molecule has 2 aromatic heterocycles. The van der Waals surface area contributed by atoms with Gasteiger partial charge in [-0.15, -0.1) is 27.2 Å². The predicted octanol–water partition coefficient (Wildman–Crippen LogP) is 4.79. The van der Waals surface area contributed by atoms with Gasteiger partial charge < -0.3 is 4.57 Å². The molecular weight excluding hydrogens is 440 g/mol. The first kappa shape index (κ1) is 20.3. The average Bonchev–Trinajstić information content (AvgIpc) is 3.11. The molecule has 0 fully saturated rings. The van der Waals surface area contributed by atoms with Crippen LogP contribution in [0.15, 0.2) is 30.3 Å². The Balaban J connectivity index is 0.00000225. The molecule has 1 aromatic carbocycles. The van der Waals surface area contributed by atoms with Gasteiger partial charge in [0, 0.05) is 18.5 Å². The molecule has 0 saturated heterocycles. The lowest BCUT2D eigenvalue weighted by Crippen LogP contribution is -2.05. The molecule has 0 N–H and O–H groups in total. The Morgan fingerprint density at radius 1 is 1.18 bits per heavy atom. The highest BCUT2D eigenvalue weighted by atomic mass is 79.9. The van der Waals surface area contributed by atoms with E-state index in [0.717, 1.165) is 48.6 Å². The van der Waals surface area contributed by atoms with E-state index in [9.17, 15) is 5.26 Å². The van der Waals surface area contributed by atoms with Crippen molar-refractivity contribution in [1.29, 1.82) is 5.26 Å². The molecule has 6 nitrogen and oxygen atoms in total. The van der Waals surface area contributed by atoms with E-state index in [1.165, 1.54) is 6.42 Å². The first-order chi connectivity index (χ1) is 13.2. The number of nitriles is 1. The van der Waals surface area contributed by atoms with Gasteiger partial charge in [-0.3, -0.25) is 0 Å². The number of allylic oxidation sites excluding steroid dienone is 1. The summed E-state index contributed by atoms with van der Waals surface area (Å²) in [7, 11) is 0. The number of fused-ring (bicyclic) bond motifs is 1. The molecule has 144 valence electrons. The van der Waals surface area contributed by atoms with Gasteiger partial charge >= 0.3 is 0 Å². The minimum atomic E-state index is 0. The number of rotatable bonds is 3. The second-order valence-corrected chi connectivity index (χ2v) is 6.97. The Bertz CT molecular complexity index is 1040. The monoisotopic (exact) mass is 458 g/mol. The summed E-state index contributed by atoms with van der Waals surface area (Å²) >= 11 is 6.60. The fourth-order valence-corrected chi connectivity index (χ4v) is 3.72. The molecule has 0 spiro atoms. The van der Waals surface area contributed by atoms with Crippen LogP contribution in [0.4, 0.5) is 0 Å². The summed E-state index contributed by atoms with van der Waals surface area (Å²) in [5.74, 6) is 1.56. The van der Waals surface area contributed by atoms with Crippen LogP contribution >= 0.6 is 28.6 Å². The van der Waals surface area contributed by atoms with E-state index in [1.807, 2.05) is 37.3 Å². The number of hydrogen-bond donors (Lipinski definition) is 0. The zero-order valence-electron chi connectivity index (χ0n) is 15.5. The van der Waals surface area contributed by atoms with Crippen molar-refractivity contribution < 1.29 is 0 Å². The summed E-state index contributed by atoms with van der Waals surface area (Å²) in [6.45, 7) is 2.73. The van der Waals surface area contributed by atoms with Gasteiger partial charge in [-0.05, 0) is 38.0 Å². The smallest absolute Gasteiger partial charge is 0.174 e. The molecule has 8 heteroatoms. The third-order valence-corrected chi connectivity index (χ3v) is 5.17. The third kappa shape index (κ3) is 3.75. The molecule has 0 atom stereocenters. The Hall–Kier alpha value is -2.43. The van der Waals surface area contributed by atoms with Gasteiger partial charge in [0.15, 0.2) is 5.82 Å². The second kappa shape index (κ2) is 8.72. The maximum Gasteiger partial charge on any atom is 0.174 e. The van der Waals surface area contributed by atoms with Crippen molar-refractivity contribution in [2.24, 2.45) is 0 Å². The van der Waals surface area contributed by atoms with E-state index in [4.69, 9.17) is 11.6 Å². The van der Waals surface area contributed by atoms with E-state index in [1.54, 1.807) is 10.8 Å². The topological polar surface area (TPSA) is 72.3 Å². The number of nitrogens with zero attached hydrogens (tertiary/aromatic N) is 6. The van der Waals surface area contributed by atoms with Gasteiger partial charge in [0.1, 0.15) is 17.0 Å². The number of hydrogen-bond acceptors (Lipinski definition) is 4. The number of para-hydroxylation sites is 1. The van der Waals surface area contributed by atoms with E-state index in [0.29, 0.717) is 16.6 Å². The van der Waals surface area contributed by atoms with Crippen LogP contribution < -0.4 is 0 Å². The van der Waals surface area contributed by atoms with Crippen molar-refractivity contribution in [3.8, 4) is 11.8 Å². The van der Waals surface area contributed by atoms with Gasteiger partial charge in [-0.25, -0.2) is 4.68 Å². The third-order valence-electron chi connectivity index (χ3n) is 4.81. The quantitative estimate of drug-likeness (QED) is 0.528. The van der Waals surface area contributed by atoms with Crippen LogP contribution in [0.5, 0.6) is 0 Å². The lowest BCUT2D eigenvalue weighted by Gasteiger charge is -2.06. The molecule has 28 heavy (non-hydrogen) atoms. The Morgan fingerprint density at radius 2 is 1.96 bits per heavy atom. The van der Waals surface area contributed by atoms with Crippen molar-refractivity contribution in [2.45, 2.75) is 39.2 Å². The summed E-state index contributed by atoms with van der Waals surface area (Å²) in [5.41, 5.74) is 2.81. The van der Waals surface area contributed by atoms with E-state index in [2.05, 4.69) is 25.9 Å². The van der Waals surface area contributed by atoms with Gasteiger partial charge in [0.2, 0.25) is 0 Å². The minimum Gasteiger partial charge on any atom is -0.310 e. The highest BCUT2D eigenvalue weighted by molar-refractivity contribution is 8.93. The molecule has 4 rings (SSSR count). The highest BCUT2D eigenvalue weighted by Crippen LogP contribution is 2.28. The summed E-state index contributed by atoms with van der Waals surface area (Å²) < 4.78 is 3.74. The molecule has 1 aliphatic heterocycles. The number of benzene rings is 1. The lowest BCUT2D eigenvalue weighted by atomic mass is 10.1. The molecular formula is C20H20BrClN6. The van der Waals surface area contributed by atoms with E-state index >= 15 is 0 Å². The molecule has 0 radical (unpaired) electrons. The lowest BCUT2D eigenvalue weighted by molar-refractivity contribution is 0.627. The van der Waals surface area contributed by atoms with Gasteiger partial charge in [0.05, 0.1) is 17.0 Å². The Labute approximate surface area is 179 Å². The number of aromatic nitrogens is 5. The van der Waals surface area contributed by atoms with Crippen LogP contribution in [0.3, 0.4) is 0 Å². The molecule has 3 aromatic rings. The van der Waals surface area contributed by atoms with Crippen molar-refractivity contribution >= 4 is 40.2 Å². The van der Waals surface area contributed by atoms with Gasteiger partial charge in [0.25, 0.3) is 0 Å². The zero-order chi connectivity index (χ0) is 18.8.